The lowest BCUT2D eigenvalue weighted by Crippen LogP contribution is -2.49. The first-order valence-electron chi connectivity index (χ1n) is 11.1. The molecule has 4 rings (SSSR count). The van der Waals surface area contributed by atoms with Gasteiger partial charge in [0, 0.05) is 17.2 Å². The molecule has 2 amide bonds. The van der Waals surface area contributed by atoms with E-state index in [9.17, 15) is 22.4 Å². The highest BCUT2D eigenvalue weighted by Crippen LogP contribution is 2.19. The van der Waals surface area contributed by atoms with Crippen LogP contribution in [0.2, 0.25) is 0 Å². The highest BCUT2D eigenvalue weighted by Gasteiger charge is 2.38. The molecule has 2 heterocycles. The van der Waals surface area contributed by atoms with Crippen LogP contribution in [0.3, 0.4) is 0 Å². The van der Waals surface area contributed by atoms with Crippen molar-refractivity contribution >= 4 is 33.6 Å². The number of carboxylic acids is 1. The fraction of sp³-hybridized carbons (Fsp3) is 0.292. The van der Waals surface area contributed by atoms with E-state index in [2.05, 4.69) is 26.3 Å². The van der Waals surface area contributed by atoms with Crippen molar-refractivity contribution in [2.24, 2.45) is 0 Å². The second kappa shape index (κ2) is 13.2. The molecule has 1 unspecified atom stereocenters. The van der Waals surface area contributed by atoms with Crippen LogP contribution in [0.1, 0.15) is 5.56 Å². The van der Waals surface area contributed by atoms with Gasteiger partial charge in [-0.1, -0.05) is 34.1 Å². The Labute approximate surface area is 223 Å². The quantitative estimate of drug-likeness (QED) is 0.393. The number of morpholine rings is 1. The third-order valence-electron chi connectivity index (χ3n) is 5.04. The van der Waals surface area contributed by atoms with Gasteiger partial charge in [-0.15, -0.1) is 0 Å². The number of benzene rings is 2. The van der Waals surface area contributed by atoms with E-state index in [0.717, 1.165) is 15.8 Å². The van der Waals surface area contributed by atoms with Crippen molar-refractivity contribution in [3.8, 4) is 5.75 Å². The number of hydrogen-bond acceptors (Lipinski definition) is 5. The summed E-state index contributed by atoms with van der Waals surface area (Å²) in [7, 11) is 0. The van der Waals surface area contributed by atoms with E-state index in [1.165, 1.54) is 12.1 Å². The number of hydrogen-bond donors (Lipinski definition) is 2. The van der Waals surface area contributed by atoms with Crippen LogP contribution in [0.15, 0.2) is 65.4 Å². The predicted molar refractivity (Wildman–Crippen MR) is 131 cm³/mol. The van der Waals surface area contributed by atoms with E-state index < -0.39 is 12.1 Å². The Morgan fingerprint density at radius 2 is 1.92 bits per heavy atom. The van der Waals surface area contributed by atoms with Crippen LogP contribution in [-0.2, 0) is 16.1 Å². The van der Waals surface area contributed by atoms with E-state index in [-0.39, 0.29) is 18.0 Å². The zero-order chi connectivity index (χ0) is 27.7. The van der Waals surface area contributed by atoms with E-state index in [0.29, 0.717) is 38.5 Å². The maximum absolute atomic E-state index is 13.0. The summed E-state index contributed by atoms with van der Waals surface area (Å²) in [4.78, 5) is 23.3. The van der Waals surface area contributed by atoms with Crippen LogP contribution < -0.4 is 10.1 Å². The average Bonchev–Trinajstić information content (AvgIpc) is 3.31. The van der Waals surface area contributed by atoms with Crippen molar-refractivity contribution in [3.63, 3.8) is 0 Å². The molecule has 1 aliphatic heterocycles. The van der Waals surface area contributed by atoms with Gasteiger partial charge in [0.05, 0.1) is 31.6 Å². The number of carbonyl (C=O) groups is 2. The number of anilines is 1. The molecule has 14 heteroatoms. The molecule has 0 bridgehead atoms. The van der Waals surface area contributed by atoms with Crippen LogP contribution in [0.4, 0.5) is 28.0 Å². The Morgan fingerprint density at radius 1 is 1.21 bits per heavy atom. The number of carboxylic acid groups (broad SMARTS) is 1. The topological polar surface area (TPSA) is 106 Å². The van der Waals surface area contributed by atoms with Crippen molar-refractivity contribution in [2.75, 3.05) is 31.6 Å². The van der Waals surface area contributed by atoms with Gasteiger partial charge in [-0.3, -0.25) is 4.68 Å². The Balaban J connectivity index is 0.000000505. The second-order valence-electron chi connectivity index (χ2n) is 7.99. The van der Waals surface area contributed by atoms with E-state index >= 15 is 0 Å². The summed E-state index contributed by atoms with van der Waals surface area (Å²) < 4.78 is 58.9. The average molecular weight is 603 g/mol. The van der Waals surface area contributed by atoms with Gasteiger partial charge in [-0.05, 0) is 35.9 Å². The Morgan fingerprint density at radius 3 is 2.58 bits per heavy atom. The number of alkyl halides is 3. The summed E-state index contributed by atoms with van der Waals surface area (Å²) in [5.41, 5.74) is 1.52. The fourth-order valence-corrected chi connectivity index (χ4v) is 3.62. The van der Waals surface area contributed by atoms with Gasteiger partial charge in [0.2, 0.25) is 0 Å². The van der Waals surface area contributed by atoms with Crippen molar-refractivity contribution in [1.29, 1.82) is 0 Å². The minimum atomic E-state index is -5.08. The lowest BCUT2D eigenvalue weighted by atomic mass is 10.2. The van der Waals surface area contributed by atoms with Crippen molar-refractivity contribution in [3.05, 3.63) is 76.8 Å². The van der Waals surface area contributed by atoms with Crippen LogP contribution in [0, 0.1) is 5.82 Å². The summed E-state index contributed by atoms with van der Waals surface area (Å²) in [5.74, 6) is -2.29. The molecule has 1 aliphatic rings. The molecule has 0 aliphatic carbocycles. The number of aromatic nitrogens is 2. The van der Waals surface area contributed by atoms with Gasteiger partial charge in [0.15, 0.2) is 0 Å². The third kappa shape index (κ3) is 9.34. The van der Waals surface area contributed by atoms with Crippen LogP contribution >= 0.6 is 15.9 Å². The summed E-state index contributed by atoms with van der Waals surface area (Å²) >= 11 is 3.42. The van der Waals surface area contributed by atoms with E-state index in [1.807, 2.05) is 24.3 Å². The molecule has 204 valence electrons. The van der Waals surface area contributed by atoms with Gasteiger partial charge in [-0.25, -0.2) is 14.0 Å². The molecule has 1 saturated heterocycles. The molecule has 3 aromatic rings. The molecular formula is C24H23BrF4N4O5. The van der Waals surface area contributed by atoms with Crippen LogP contribution in [-0.4, -0.2) is 70.4 Å². The lowest BCUT2D eigenvalue weighted by Gasteiger charge is -2.32. The van der Waals surface area contributed by atoms with Crippen molar-refractivity contribution < 1.29 is 41.7 Å². The van der Waals surface area contributed by atoms with Gasteiger partial charge in [-0.2, -0.15) is 18.3 Å². The lowest BCUT2D eigenvalue weighted by molar-refractivity contribution is -0.192. The predicted octanol–water partition coefficient (Wildman–Crippen LogP) is 4.78. The number of nitrogens with one attached hydrogen (secondary N) is 1. The van der Waals surface area contributed by atoms with Crippen molar-refractivity contribution in [2.45, 2.75) is 18.8 Å². The Bertz CT molecular complexity index is 1220. The van der Waals surface area contributed by atoms with Gasteiger partial charge < -0.3 is 24.8 Å². The number of halogens is 5. The molecule has 0 spiro atoms. The number of aliphatic carboxylic acids is 1. The first kappa shape index (κ1) is 28.9. The molecule has 1 atom stereocenters. The largest absolute Gasteiger partial charge is 0.491 e. The standard InChI is InChI=1S/C22H22BrFN4O3.C2HF3O2/c23-17-2-1-3-20(10-17)31-15-21-14-27(8-9-30-21)22(29)26-19-11-25-28(13-19)12-16-4-6-18(24)7-5-16;3-2(4,5)1(6)7/h1-7,10-11,13,21H,8-9,12,14-15H2,(H,26,29);(H,6,7). The summed E-state index contributed by atoms with van der Waals surface area (Å²) in [6.07, 6.45) is -1.95. The number of ether oxygens (including phenoxy) is 2. The zero-order valence-corrected chi connectivity index (χ0v) is 21.3. The number of nitrogens with zero attached hydrogens (tertiary/aromatic N) is 3. The molecule has 38 heavy (non-hydrogen) atoms. The number of rotatable bonds is 6. The summed E-state index contributed by atoms with van der Waals surface area (Å²) in [6.45, 7) is 2.23. The van der Waals surface area contributed by atoms with Gasteiger partial charge in [0.1, 0.15) is 24.3 Å². The number of urea groups is 1. The highest BCUT2D eigenvalue weighted by atomic mass is 79.9. The molecule has 2 N–H and O–H groups in total. The normalized spacial score (nSPS) is 15.3. The molecular weight excluding hydrogens is 580 g/mol. The minimum Gasteiger partial charge on any atom is -0.491 e. The first-order chi connectivity index (χ1) is 18.0. The fourth-order valence-electron chi connectivity index (χ4n) is 3.24. The SMILES string of the molecule is O=C(Nc1cnn(Cc2ccc(F)cc2)c1)N1CCOC(COc2cccc(Br)c2)C1.O=C(O)C(F)(F)F. The number of carbonyl (C=O) groups excluding carboxylic acids is 1. The van der Waals surface area contributed by atoms with Crippen molar-refractivity contribution in [1.82, 2.24) is 14.7 Å². The molecule has 1 aromatic heterocycles. The van der Waals surface area contributed by atoms with Crippen LogP contribution in [0.5, 0.6) is 5.75 Å². The maximum Gasteiger partial charge on any atom is 0.490 e. The number of amides is 2. The van der Waals surface area contributed by atoms with E-state index in [1.54, 1.807) is 34.1 Å². The second-order valence-corrected chi connectivity index (χ2v) is 8.91. The molecule has 0 saturated carbocycles. The van der Waals surface area contributed by atoms with E-state index in [4.69, 9.17) is 19.4 Å². The minimum absolute atomic E-state index is 0.209. The summed E-state index contributed by atoms with van der Waals surface area (Å²) in [6, 6.07) is 13.6. The van der Waals surface area contributed by atoms with Gasteiger partial charge in [0.25, 0.3) is 0 Å². The monoisotopic (exact) mass is 602 g/mol. The first-order valence-corrected chi connectivity index (χ1v) is 11.9. The third-order valence-corrected chi connectivity index (χ3v) is 5.54. The zero-order valence-electron chi connectivity index (χ0n) is 19.7. The maximum atomic E-state index is 13.0. The molecule has 1 fully saturated rings. The Hall–Kier alpha value is -3.65. The van der Waals surface area contributed by atoms with Crippen LogP contribution in [0.25, 0.3) is 0 Å². The molecule has 9 nitrogen and oxygen atoms in total. The highest BCUT2D eigenvalue weighted by molar-refractivity contribution is 9.10. The molecule has 0 radical (unpaired) electrons. The Kier molecular flexibility index (Phi) is 10.1. The molecule has 2 aromatic carbocycles. The smallest absolute Gasteiger partial charge is 0.490 e. The summed E-state index contributed by atoms with van der Waals surface area (Å²) in [5, 5.41) is 14.3. The van der Waals surface area contributed by atoms with Gasteiger partial charge >= 0.3 is 18.2 Å².